The van der Waals surface area contributed by atoms with Gasteiger partial charge in [-0.25, -0.2) is 9.38 Å². The van der Waals surface area contributed by atoms with Crippen LogP contribution in [0, 0.1) is 18.7 Å². The number of guanidine groups is 1. The summed E-state index contributed by atoms with van der Waals surface area (Å²) in [5.74, 6) is 0.972. The molecule has 0 spiro atoms. The highest BCUT2D eigenvalue weighted by Crippen LogP contribution is 2.11. The molecule has 6 heteroatoms. The highest BCUT2D eigenvalue weighted by molar-refractivity contribution is 14.0. The first-order chi connectivity index (χ1) is 11.1. The van der Waals surface area contributed by atoms with Crippen LogP contribution in [-0.4, -0.2) is 30.8 Å². The predicted molar refractivity (Wildman–Crippen MR) is 109 cm³/mol. The number of hydrogen-bond donors (Lipinski definition) is 3. The molecule has 0 bridgehead atoms. The van der Waals surface area contributed by atoms with Crippen LogP contribution in [0.25, 0.3) is 0 Å². The molecular weight excluding hydrogens is 420 g/mol. The first-order valence-corrected chi connectivity index (χ1v) is 8.48. The van der Waals surface area contributed by atoms with Gasteiger partial charge in [0.25, 0.3) is 0 Å². The molecule has 0 fully saturated rings. The largest absolute Gasteiger partial charge is 0.396 e. The molecule has 1 aromatic rings. The van der Waals surface area contributed by atoms with Gasteiger partial charge in [-0.05, 0) is 49.8 Å². The number of nitrogens with one attached hydrogen (secondary N) is 2. The lowest BCUT2D eigenvalue weighted by Gasteiger charge is -2.18. The molecule has 0 amide bonds. The van der Waals surface area contributed by atoms with Crippen molar-refractivity contribution >= 4 is 29.9 Å². The van der Waals surface area contributed by atoms with E-state index in [-0.39, 0.29) is 36.4 Å². The first kappa shape index (κ1) is 23.1. The quantitative estimate of drug-likeness (QED) is 0.306. The normalized spacial score (nSPS) is 12.5. The number of hydrogen-bond acceptors (Lipinski definition) is 2. The van der Waals surface area contributed by atoms with Gasteiger partial charge in [-0.15, -0.1) is 24.0 Å². The molecule has 0 aromatic heterocycles. The van der Waals surface area contributed by atoms with Crippen molar-refractivity contribution in [2.24, 2.45) is 10.9 Å². The van der Waals surface area contributed by atoms with Gasteiger partial charge >= 0.3 is 0 Å². The van der Waals surface area contributed by atoms with E-state index in [1.807, 2.05) is 13.0 Å². The van der Waals surface area contributed by atoms with Crippen molar-refractivity contribution in [1.82, 2.24) is 10.6 Å². The van der Waals surface area contributed by atoms with E-state index in [2.05, 4.69) is 22.5 Å². The molecule has 0 heterocycles. The Kier molecular flexibility index (Phi) is 12.9. The van der Waals surface area contributed by atoms with Crippen LogP contribution in [0.4, 0.5) is 4.39 Å². The fourth-order valence-corrected chi connectivity index (χ4v) is 2.43. The molecule has 3 N–H and O–H groups in total. The number of rotatable bonds is 9. The lowest BCUT2D eigenvalue weighted by molar-refractivity contribution is 0.251. The van der Waals surface area contributed by atoms with Crippen LogP contribution in [0.2, 0.25) is 0 Å². The van der Waals surface area contributed by atoms with Gasteiger partial charge < -0.3 is 15.7 Å². The van der Waals surface area contributed by atoms with Crippen molar-refractivity contribution in [3.05, 3.63) is 35.1 Å². The van der Waals surface area contributed by atoms with E-state index in [1.54, 1.807) is 13.0 Å². The number of aliphatic hydroxyl groups excluding tert-OH is 1. The molecule has 0 saturated carbocycles. The standard InChI is InChI=1S/C18H30FN3O.HI/c1-4-6-15(9-10-23)12-21-18(20-5-2)22-13-16-8-7-14(3)17(19)11-16;/h7-8,11,15,23H,4-6,9-10,12-13H2,1-3H3,(H2,20,21,22);1H. The third-order valence-electron chi connectivity index (χ3n) is 3.79. The van der Waals surface area contributed by atoms with E-state index in [9.17, 15) is 4.39 Å². The molecule has 1 rings (SSSR count). The molecule has 1 atom stereocenters. The number of benzene rings is 1. The molecule has 0 radical (unpaired) electrons. The Hall–Kier alpha value is -0.890. The molecule has 0 aliphatic rings. The zero-order valence-corrected chi connectivity index (χ0v) is 17.3. The fraction of sp³-hybridized carbons (Fsp3) is 0.611. The van der Waals surface area contributed by atoms with Crippen molar-refractivity contribution < 1.29 is 9.50 Å². The molecule has 0 saturated heterocycles. The van der Waals surface area contributed by atoms with Crippen LogP contribution >= 0.6 is 24.0 Å². The smallest absolute Gasteiger partial charge is 0.191 e. The molecule has 1 aromatic carbocycles. The minimum absolute atomic E-state index is 0. The number of aliphatic imine (C=N–C) groups is 1. The van der Waals surface area contributed by atoms with Gasteiger partial charge in [0, 0.05) is 19.7 Å². The number of halogens is 2. The predicted octanol–water partition coefficient (Wildman–Crippen LogP) is 3.61. The third kappa shape index (κ3) is 8.82. The molecule has 138 valence electrons. The van der Waals surface area contributed by atoms with Crippen LogP contribution in [0.3, 0.4) is 0 Å². The maximum Gasteiger partial charge on any atom is 0.191 e. The van der Waals surface area contributed by atoms with E-state index in [0.29, 0.717) is 18.0 Å². The zero-order valence-electron chi connectivity index (χ0n) is 14.9. The highest BCUT2D eigenvalue weighted by atomic mass is 127. The third-order valence-corrected chi connectivity index (χ3v) is 3.79. The minimum Gasteiger partial charge on any atom is -0.396 e. The summed E-state index contributed by atoms with van der Waals surface area (Å²) in [6, 6.07) is 5.21. The van der Waals surface area contributed by atoms with E-state index >= 15 is 0 Å². The van der Waals surface area contributed by atoms with E-state index in [4.69, 9.17) is 5.11 Å². The SMILES string of the molecule is CCCC(CCO)CNC(=NCc1ccc(C)c(F)c1)NCC.I. The molecular formula is C18H31FIN3O. The molecule has 4 nitrogen and oxygen atoms in total. The summed E-state index contributed by atoms with van der Waals surface area (Å²) in [5, 5.41) is 15.6. The number of aliphatic hydroxyl groups is 1. The lowest BCUT2D eigenvalue weighted by atomic mass is 10.0. The fourth-order valence-electron chi connectivity index (χ4n) is 2.43. The summed E-state index contributed by atoms with van der Waals surface area (Å²) < 4.78 is 13.6. The molecule has 24 heavy (non-hydrogen) atoms. The van der Waals surface area contributed by atoms with Gasteiger partial charge in [-0.3, -0.25) is 0 Å². The van der Waals surface area contributed by atoms with Crippen molar-refractivity contribution in [3.63, 3.8) is 0 Å². The van der Waals surface area contributed by atoms with Gasteiger partial charge in [0.05, 0.1) is 6.54 Å². The van der Waals surface area contributed by atoms with E-state index in [1.165, 1.54) is 6.07 Å². The monoisotopic (exact) mass is 451 g/mol. The summed E-state index contributed by atoms with van der Waals surface area (Å²) in [4.78, 5) is 4.51. The molecule has 1 unspecified atom stereocenters. The Morgan fingerprint density at radius 1 is 1.25 bits per heavy atom. The van der Waals surface area contributed by atoms with Gasteiger partial charge in [0.15, 0.2) is 5.96 Å². The Morgan fingerprint density at radius 2 is 2.00 bits per heavy atom. The highest BCUT2D eigenvalue weighted by Gasteiger charge is 2.08. The average molecular weight is 451 g/mol. The lowest BCUT2D eigenvalue weighted by Crippen LogP contribution is -2.40. The Balaban J connectivity index is 0.00000529. The average Bonchev–Trinajstić information content (AvgIpc) is 2.53. The van der Waals surface area contributed by atoms with Gasteiger partial charge in [-0.2, -0.15) is 0 Å². The summed E-state index contributed by atoms with van der Waals surface area (Å²) in [6.45, 7) is 8.11. The number of nitrogens with zero attached hydrogens (tertiary/aromatic N) is 1. The maximum absolute atomic E-state index is 13.6. The maximum atomic E-state index is 13.6. The van der Waals surface area contributed by atoms with Crippen molar-refractivity contribution in [1.29, 1.82) is 0 Å². The van der Waals surface area contributed by atoms with Crippen LogP contribution in [0.5, 0.6) is 0 Å². The molecule has 0 aliphatic heterocycles. The topological polar surface area (TPSA) is 56.6 Å². The summed E-state index contributed by atoms with van der Waals surface area (Å²) >= 11 is 0. The Bertz CT molecular complexity index is 491. The van der Waals surface area contributed by atoms with Crippen LogP contribution in [0.1, 0.15) is 44.2 Å². The van der Waals surface area contributed by atoms with Crippen molar-refractivity contribution in [3.8, 4) is 0 Å². The number of aryl methyl sites for hydroxylation is 1. The first-order valence-electron chi connectivity index (χ1n) is 8.48. The minimum atomic E-state index is -0.193. The summed E-state index contributed by atoms with van der Waals surface area (Å²) in [6.07, 6.45) is 2.97. The van der Waals surface area contributed by atoms with Gasteiger partial charge in [0.1, 0.15) is 5.82 Å². The summed E-state index contributed by atoms with van der Waals surface area (Å²) in [5.41, 5.74) is 1.50. The van der Waals surface area contributed by atoms with E-state index < -0.39 is 0 Å². The van der Waals surface area contributed by atoms with Crippen LogP contribution in [-0.2, 0) is 6.54 Å². The van der Waals surface area contributed by atoms with Gasteiger partial charge in [-0.1, -0.05) is 25.5 Å². The Labute approximate surface area is 162 Å². The van der Waals surface area contributed by atoms with Gasteiger partial charge in [0.2, 0.25) is 0 Å². The van der Waals surface area contributed by atoms with Crippen LogP contribution in [0.15, 0.2) is 23.2 Å². The van der Waals surface area contributed by atoms with Crippen molar-refractivity contribution in [2.45, 2.75) is 46.6 Å². The second kappa shape index (κ2) is 13.4. The van der Waals surface area contributed by atoms with Crippen LogP contribution < -0.4 is 10.6 Å². The molecule has 0 aliphatic carbocycles. The second-order valence-corrected chi connectivity index (χ2v) is 5.83. The Morgan fingerprint density at radius 3 is 2.58 bits per heavy atom. The summed E-state index contributed by atoms with van der Waals surface area (Å²) in [7, 11) is 0. The van der Waals surface area contributed by atoms with E-state index in [0.717, 1.165) is 43.9 Å². The zero-order chi connectivity index (χ0) is 17.1. The second-order valence-electron chi connectivity index (χ2n) is 5.83. The van der Waals surface area contributed by atoms with Crippen molar-refractivity contribution in [2.75, 3.05) is 19.7 Å².